The van der Waals surface area contributed by atoms with Crippen molar-refractivity contribution in [2.24, 2.45) is 29.0 Å². The van der Waals surface area contributed by atoms with Gasteiger partial charge in [0.05, 0.1) is 12.6 Å². The summed E-state index contributed by atoms with van der Waals surface area (Å²) in [6, 6.07) is 4.42. The second-order valence-corrected chi connectivity index (χ2v) is 13.7. The van der Waals surface area contributed by atoms with Crippen LogP contribution >= 0.6 is 36.6 Å². The number of carbonyl (C=O) groups excluding carboxylic acids is 6. The highest BCUT2D eigenvalue weighted by Gasteiger charge is 2.32. The molecule has 0 heterocycles. The number of hydrogen-bond donors (Lipinski definition) is 8. The summed E-state index contributed by atoms with van der Waals surface area (Å²) in [7, 11) is 0. The highest BCUT2D eigenvalue weighted by molar-refractivity contribution is 7.98. The third kappa shape index (κ3) is 19.9. The van der Waals surface area contributed by atoms with Gasteiger partial charge in [-0.3, -0.25) is 28.8 Å². The van der Waals surface area contributed by atoms with Gasteiger partial charge in [-0.1, -0.05) is 70.9 Å². The quantitative estimate of drug-likeness (QED) is 0.0695. The number of unbranched alkanes of at least 4 members (excludes halogenated alkanes) is 1. The van der Waals surface area contributed by atoms with Crippen molar-refractivity contribution >= 4 is 72.0 Å². The lowest BCUT2D eigenvalue weighted by atomic mass is 9.97. The first kappa shape index (κ1) is 50.0. The molecule has 1 aromatic rings. The maximum absolute atomic E-state index is 13.6. The predicted octanol–water partition coefficient (Wildman–Crippen LogP) is 0.915. The number of carbonyl (C=O) groups is 6. The average Bonchev–Trinajstić information content (AvgIpc) is 3.06. The molecule has 0 saturated carbocycles. The molecule has 0 spiro atoms. The highest BCUT2D eigenvalue weighted by Crippen LogP contribution is 2.11. The highest BCUT2D eigenvalue weighted by atomic mass is 35.5. The Hall–Kier alpha value is -3.11. The monoisotopic (exact) mass is 778 g/mol. The van der Waals surface area contributed by atoms with E-state index in [0.29, 0.717) is 38.0 Å². The topological polar surface area (TPSA) is 241 Å². The zero-order chi connectivity index (χ0) is 36.9. The molecule has 0 aliphatic heterocycles. The number of nitrogens with two attached hydrogens (primary N) is 3. The lowest BCUT2D eigenvalue weighted by Gasteiger charge is -2.27. The Morgan fingerprint density at radius 2 is 1.39 bits per heavy atom. The number of rotatable bonds is 24. The first-order valence-electron chi connectivity index (χ1n) is 17.0. The van der Waals surface area contributed by atoms with Gasteiger partial charge < -0.3 is 43.8 Å². The molecule has 292 valence electrons. The van der Waals surface area contributed by atoms with E-state index in [1.54, 1.807) is 6.92 Å². The van der Waals surface area contributed by atoms with E-state index in [4.69, 9.17) is 17.2 Å². The molecule has 51 heavy (non-hydrogen) atoms. The van der Waals surface area contributed by atoms with Crippen molar-refractivity contribution in [1.82, 2.24) is 26.6 Å². The van der Waals surface area contributed by atoms with Gasteiger partial charge in [-0.05, 0) is 61.6 Å². The van der Waals surface area contributed by atoms with Crippen LogP contribution in [0.15, 0.2) is 30.3 Å². The van der Waals surface area contributed by atoms with Gasteiger partial charge in [0.15, 0.2) is 0 Å². The fourth-order valence-electron chi connectivity index (χ4n) is 4.95. The van der Waals surface area contributed by atoms with Crippen LogP contribution in [0, 0.1) is 11.8 Å². The van der Waals surface area contributed by atoms with Gasteiger partial charge in [0.2, 0.25) is 35.4 Å². The number of benzene rings is 1. The minimum atomic E-state index is -1.03. The van der Waals surface area contributed by atoms with Gasteiger partial charge in [-0.2, -0.15) is 11.8 Å². The van der Waals surface area contributed by atoms with E-state index in [1.165, 1.54) is 11.8 Å². The SMILES string of the molecule is CC[C@H](C)[C@H](NC(=O)[C@H](Cc1ccccc1)NC(=O)[C@@H](N)CCCCN)C(=O)NCC(=O)N[C@@H](CC(C)C)C(=O)N[C@@H](CCSC)C(N)=O.Cl.Cl. The van der Waals surface area contributed by atoms with Crippen LogP contribution in [-0.2, 0) is 35.2 Å². The first-order valence-corrected chi connectivity index (χ1v) is 18.4. The minimum absolute atomic E-state index is 0. The number of thioether (sulfide) groups is 1. The number of primary amides is 1. The van der Waals surface area contributed by atoms with E-state index in [9.17, 15) is 28.8 Å². The van der Waals surface area contributed by atoms with Gasteiger partial charge in [0.25, 0.3) is 0 Å². The van der Waals surface area contributed by atoms with Crippen molar-refractivity contribution in [2.45, 2.75) is 103 Å². The fourth-order valence-corrected chi connectivity index (χ4v) is 5.42. The molecule has 0 saturated heterocycles. The molecular formula is C34H60Cl2N8O6S. The van der Waals surface area contributed by atoms with Crippen LogP contribution in [0.3, 0.4) is 0 Å². The van der Waals surface area contributed by atoms with Crippen LogP contribution < -0.4 is 43.8 Å². The van der Waals surface area contributed by atoms with Crippen LogP contribution in [0.5, 0.6) is 0 Å². The van der Waals surface area contributed by atoms with Crippen molar-refractivity contribution in [2.75, 3.05) is 25.1 Å². The normalized spacial score (nSPS) is 14.2. The lowest BCUT2D eigenvalue weighted by molar-refractivity contribution is -0.134. The number of amides is 6. The Morgan fingerprint density at radius 1 is 0.784 bits per heavy atom. The molecular weight excluding hydrogens is 719 g/mol. The molecule has 0 radical (unpaired) electrons. The molecule has 1 rings (SSSR count). The Balaban J connectivity index is 0. The molecule has 0 bridgehead atoms. The Kier molecular flexibility index (Phi) is 27.0. The maximum Gasteiger partial charge on any atom is 0.243 e. The summed E-state index contributed by atoms with van der Waals surface area (Å²) in [5.41, 5.74) is 17.9. The summed E-state index contributed by atoms with van der Waals surface area (Å²) < 4.78 is 0. The van der Waals surface area contributed by atoms with Crippen molar-refractivity contribution in [1.29, 1.82) is 0 Å². The summed E-state index contributed by atoms with van der Waals surface area (Å²) in [4.78, 5) is 77.9. The standard InChI is InChI=1S/C34H58N8O6S.2ClH/c1-6-22(4)29(42-33(47)27(19-23-12-8-7-9-13-23)41-31(45)24(36)14-10-11-16-35)34(48)38-20-28(43)39-26(18-21(2)3)32(46)40-25(30(37)44)15-17-49-5;;/h7-9,12-13,21-22,24-27,29H,6,10-11,14-20,35-36H2,1-5H3,(H2,37,44)(H,38,48)(H,39,43)(H,40,46)(H,41,45)(H,42,47);2*1H/t22-,24-,25-,26-,27-,29-;;/m0../s1. The van der Waals surface area contributed by atoms with Gasteiger partial charge >= 0.3 is 0 Å². The Morgan fingerprint density at radius 3 is 1.94 bits per heavy atom. The van der Waals surface area contributed by atoms with E-state index in [0.717, 1.165) is 12.0 Å². The summed E-state index contributed by atoms with van der Waals surface area (Å²) in [6.45, 7) is 7.44. The van der Waals surface area contributed by atoms with Crippen LogP contribution in [-0.4, -0.2) is 90.8 Å². The maximum atomic E-state index is 13.6. The van der Waals surface area contributed by atoms with Crippen molar-refractivity contribution < 1.29 is 28.8 Å². The zero-order valence-electron chi connectivity index (χ0n) is 30.4. The fraction of sp³-hybridized carbons (Fsp3) is 0.647. The van der Waals surface area contributed by atoms with Crippen molar-refractivity contribution in [3.63, 3.8) is 0 Å². The van der Waals surface area contributed by atoms with Gasteiger partial charge in [0.1, 0.15) is 24.2 Å². The van der Waals surface area contributed by atoms with Gasteiger partial charge in [-0.25, -0.2) is 0 Å². The third-order valence-corrected chi connectivity index (χ3v) is 8.71. The first-order chi connectivity index (χ1) is 23.2. The molecule has 0 aromatic heterocycles. The van der Waals surface area contributed by atoms with Crippen molar-refractivity contribution in [3.05, 3.63) is 35.9 Å². The van der Waals surface area contributed by atoms with Crippen LogP contribution in [0.1, 0.15) is 71.8 Å². The third-order valence-electron chi connectivity index (χ3n) is 8.07. The predicted molar refractivity (Wildman–Crippen MR) is 207 cm³/mol. The second-order valence-electron chi connectivity index (χ2n) is 12.7. The Bertz CT molecular complexity index is 1220. The number of nitrogens with one attached hydrogen (secondary N) is 5. The summed E-state index contributed by atoms with van der Waals surface area (Å²) in [5, 5.41) is 13.4. The van der Waals surface area contributed by atoms with Gasteiger partial charge in [-0.15, -0.1) is 24.8 Å². The van der Waals surface area contributed by atoms with Crippen LogP contribution in [0.4, 0.5) is 0 Å². The van der Waals surface area contributed by atoms with E-state index < -0.39 is 72.2 Å². The van der Waals surface area contributed by atoms with E-state index in [1.807, 2.05) is 57.4 Å². The molecule has 17 heteroatoms. The van der Waals surface area contributed by atoms with E-state index in [-0.39, 0.29) is 49.5 Å². The minimum Gasteiger partial charge on any atom is -0.368 e. The smallest absolute Gasteiger partial charge is 0.243 e. The van der Waals surface area contributed by atoms with Gasteiger partial charge in [0, 0.05) is 6.42 Å². The Labute approximate surface area is 319 Å². The molecule has 0 fully saturated rings. The molecule has 14 nitrogen and oxygen atoms in total. The zero-order valence-corrected chi connectivity index (χ0v) is 32.9. The molecule has 0 aliphatic rings. The van der Waals surface area contributed by atoms with Crippen LogP contribution in [0.2, 0.25) is 0 Å². The average molecular weight is 780 g/mol. The van der Waals surface area contributed by atoms with E-state index >= 15 is 0 Å². The molecule has 1 aromatic carbocycles. The largest absolute Gasteiger partial charge is 0.368 e. The van der Waals surface area contributed by atoms with E-state index in [2.05, 4.69) is 26.6 Å². The number of hydrogen-bond acceptors (Lipinski definition) is 9. The molecule has 0 aliphatic carbocycles. The summed E-state index contributed by atoms with van der Waals surface area (Å²) >= 11 is 1.51. The van der Waals surface area contributed by atoms with Crippen molar-refractivity contribution in [3.8, 4) is 0 Å². The molecule has 6 amide bonds. The molecule has 11 N–H and O–H groups in total. The number of halogens is 2. The molecule has 6 atom stereocenters. The lowest BCUT2D eigenvalue weighted by Crippen LogP contribution is -2.58. The molecule has 0 unspecified atom stereocenters. The van der Waals surface area contributed by atoms with Crippen LogP contribution in [0.25, 0.3) is 0 Å². The summed E-state index contributed by atoms with van der Waals surface area (Å²) in [5.74, 6) is -3.19. The second kappa shape index (κ2) is 27.5. The summed E-state index contributed by atoms with van der Waals surface area (Å²) in [6.07, 6.45) is 5.00.